The smallest absolute Gasteiger partial charge is 0.0613 e. The lowest BCUT2D eigenvalue weighted by Crippen LogP contribution is -2.48. The average molecular weight is 225 g/mol. The minimum Gasteiger partial charge on any atom is -0.394 e. The number of likely N-dealkylation sites (N-methyl/N-ethyl adjacent to an activating group) is 1. The summed E-state index contributed by atoms with van der Waals surface area (Å²) in [4.78, 5) is 0. The second kappa shape index (κ2) is 6.66. The molecule has 0 saturated heterocycles. The number of aliphatic hydroxyl groups excluding tert-OH is 1. The summed E-state index contributed by atoms with van der Waals surface area (Å²) < 4.78 is 1.93. The van der Waals surface area contributed by atoms with Gasteiger partial charge in [0.15, 0.2) is 0 Å². The van der Waals surface area contributed by atoms with Crippen molar-refractivity contribution in [1.29, 1.82) is 0 Å². The van der Waals surface area contributed by atoms with Gasteiger partial charge in [-0.2, -0.15) is 5.10 Å². The van der Waals surface area contributed by atoms with Crippen molar-refractivity contribution < 1.29 is 5.11 Å². The van der Waals surface area contributed by atoms with Gasteiger partial charge in [-0.15, -0.1) is 0 Å². The van der Waals surface area contributed by atoms with E-state index in [9.17, 15) is 5.11 Å². The summed E-state index contributed by atoms with van der Waals surface area (Å²) in [6.07, 6.45) is 6.73. The van der Waals surface area contributed by atoms with Crippen LogP contribution in [0.15, 0.2) is 18.5 Å². The molecule has 0 bridgehead atoms. The summed E-state index contributed by atoms with van der Waals surface area (Å²) in [7, 11) is 0. The number of nitrogens with zero attached hydrogens (tertiary/aromatic N) is 2. The highest BCUT2D eigenvalue weighted by atomic mass is 16.3. The molecule has 0 aliphatic carbocycles. The van der Waals surface area contributed by atoms with Crippen LogP contribution in [-0.4, -0.2) is 33.6 Å². The Morgan fingerprint density at radius 2 is 2.25 bits per heavy atom. The topological polar surface area (TPSA) is 50.1 Å². The standard InChI is InChI=1S/C12H23N3O/c1-3-12(11-16,13-4-2)7-5-9-15-10-6-8-14-15/h6,8,10,13,16H,3-5,7,9,11H2,1-2H3. The summed E-state index contributed by atoms with van der Waals surface area (Å²) in [5.41, 5.74) is -0.109. The quantitative estimate of drug-likeness (QED) is 0.703. The summed E-state index contributed by atoms with van der Waals surface area (Å²) in [6, 6.07) is 1.93. The maximum absolute atomic E-state index is 9.48. The first-order chi connectivity index (χ1) is 7.76. The highest BCUT2D eigenvalue weighted by molar-refractivity contribution is 4.86. The highest BCUT2D eigenvalue weighted by Gasteiger charge is 2.25. The van der Waals surface area contributed by atoms with E-state index >= 15 is 0 Å². The summed E-state index contributed by atoms with van der Waals surface area (Å²) in [5, 5.41) is 17.0. The number of aliphatic hydroxyl groups is 1. The van der Waals surface area contributed by atoms with Crippen LogP contribution in [0.2, 0.25) is 0 Å². The zero-order chi connectivity index (χ0) is 11.9. The lowest BCUT2D eigenvalue weighted by Gasteiger charge is -2.31. The summed E-state index contributed by atoms with van der Waals surface area (Å²) in [6.45, 7) is 6.22. The van der Waals surface area contributed by atoms with E-state index in [1.54, 1.807) is 6.20 Å². The van der Waals surface area contributed by atoms with E-state index in [1.807, 2.05) is 16.9 Å². The molecule has 0 aliphatic rings. The van der Waals surface area contributed by atoms with Crippen LogP contribution in [0.4, 0.5) is 0 Å². The van der Waals surface area contributed by atoms with Crippen molar-refractivity contribution in [2.75, 3.05) is 13.2 Å². The summed E-state index contributed by atoms with van der Waals surface area (Å²) in [5.74, 6) is 0. The molecule has 2 N–H and O–H groups in total. The molecular formula is C12H23N3O. The Kier molecular flexibility index (Phi) is 5.49. The van der Waals surface area contributed by atoms with Crippen molar-refractivity contribution in [1.82, 2.24) is 15.1 Å². The van der Waals surface area contributed by atoms with Gasteiger partial charge in [0, 0.05) is 24.5 Å². The Bertz CT molecular complexity index is 268. The first-order valence-electron chi connectivity index (χ1n) is 6.09. The van der Waals surface area contributed by atoms with E-state index in [4.69, 9.17) is 0 Å². The molecular weight excluding hydrogens is 202 g/mol. The maximum atomic E-state index is 9.48. The molecule has 4 nitrogen and oxygen atoms in total. The predicted octanol–water partition coefficient (Wildman–Crippen LogP) is 1.41. The minimum absolute atomic E-state index is 0.109. The largest absolute Gasteiger partial charge is 0.394 e. The fourth-order valence-corrected chi connectivity index (χ4v) is 2.02. The van der Waals surface area contributed by atoms with Gasteiger partial charge >= 0.3 is 0 Å². The average Bonchev–Trinajstić information content (AvgIpc) is 2.81. The third-order valence-corrected chi connectivity index (χ3v) is 3.13. The Morgan fingerprint density at radius 1 is 1.44 bits per heavy atom. The molecule has 1 aromatic heterocycles. The molecule has 1 heterocycles. The van der Waals surface area contributed by atoms with Crippen LogP contribution < -0.4 is 5.32 Å². The van der Waals surface area contributed by atoms with Gasteiger partial charge in [-0.25, -0.2) is 0 Å². The SMILES string of the molecule is CCNC(CC)(CO)CCCn1cccn1. The van der Waals surface area contributed by atoms with Crippen molar-refractivity contribution in [2.45, 2.75) is 45.2 Å². The first-order valence-corrected chi connectivity index (χ1v) is 6.09. The van der Waals surface area contributed by atoms with Crippen LogP contribution in [-0.2, 0) is 6.54 Å². The minimum atomic E-state index is -0.109. The van der Waals surface area contributed by atoms with Crippen molar-refractivity contribution in [2.24, 2.45) is 0 Å². The Morgan fingerprint density at radius 3 is 2.75 bits per heavy atom. The molecule has 0 spiro atoms. The lowest BCUT2D eigenvalue weighted by molar-refractivity contribution is 0.144. The van der Waals surface area contributed by atoms with Crippen molar-refractivity contribution >= 4 is 0 Å². The van der Waals surface area contributed by atoms with Crippen LogP contribution in [0, 0.1) is 0 Å². The molecule has 0 amide bonds. The molecule has 1 aromatic rings. The van der Waals surface area contributed by atoms with Gasteiger partial charge in [0.05, 0.1) is 6.61 Å². The van der Waals surface area contributed by atoms with Crippen LogP contribution in [0.1, 0.15) is 33.1 Å². The predicted molar refractivity (Wildman–Crippen MR) is 65.2 cm³/mol. The Labute approximate surface area is 97.7 Å². The molecule has 92 valence electrons. The van der Waals surface area contributed by atoms with E-state index in [1.165, 1.54) is 0 Å². The van der Waals surface area contributed by atoms with Crippen LogP contribution in [0.3, 0.4) is 0 Å². The Balaban J connectivity index is 2.37. The van der Waals surface area contributed by atoms with E-state index in [0.717, 1.165) is 32.4 Å². The highest BCUT2D eigenvalue weighted by Crippen LogP contribution is 2.17. The Hall–Kier alpha value is -0.870. The lowest BCUT2D eigenvalue weighted by atomic mass is 9.91. The number of hydrogen-bond acceptors (Lipinski definition) is 3. The molecule has 0 radical (unpaired) electrons. The van der Waals surface area contributed by atoms with Gasteiger partial charge in [-0.1, -0.05) is 13.8 Å². The maximum Gasteiger partial charge on any atom is 0.0613 e. The molecule has 0 aliphatic heterocycles. The third kappa shape index (κ3) is 3.61. The summed E-state index contributed by atoms with van der Waals surface area (Å²) >= 11 is 0. The number of rotatable bonds is 8. The van der Waals surface area contributed by atoms with Gasteiger partial charge in [0.1, 0.15) is 0 Å². The number of aromatic nitrogens is 2. The van der Waals surface area contributed by atoms with Crippen molar-refractivity contribution in [3.05, 3.63) is 18.5 Å². The molecule has 0 saturated carbocycles. The van der Waals surface area contributed by atoms with Gasteiger partial charge in [-0.3, -0.25) is 4.68 Å². The van der Waals surface area contributed by atoms with Gasteiger partial charge in [0.2, 0.25) is 0 Å². The number of hydrogen-bond donors (Lipinski definition) is 2. The molecule has 1 rings (SSSR count). The van der Waals surface area contributed by atoms with E-state index in [2.05, 4.69) is 24.3 Å². The second-order valence-electron chi connectivity index (χ2n) is 4.20. The number of aryl methyl sites for hydroxylation is 1. The van der Waals surface area contributed by atoms with E-state index in [-0.39, 0.29) is 12.1 Å². The first kappa shape index (κ1) is 13.2. The molecule has 1 unspecified atom stereocenters. The van der Waals surface area contributed by atoms with E-state index < -0.39 is 0 Å². The zero-order valence-corrected chi connectivity index (χ0v) is 10.3. The van der Waals surface area contributed by atoms with Gasteiger partial charge in [0.25, 0.3) is 0 Å². The van der Waals surface area contributed by atoms with Crippen LogP contribution in [0.5, 0.6) is 0 Å². The van der Waals surface area contributed by atoms with Crippen LogP contribution in [0.25, 0.3) is 0 Å². The second-order valence-corrected chi connectivity index (χ2v) is 4.20. The van der Waals surface area contributed by atoms with Crippen molar-refractivity contribution in [3.63, 3.8) is 0 Å². The fourth-order valence-electron chi connectivity index (χ4n) is 2.02. The molecule has 16 heavy (non-hydrogen) atoms. The monoisotopic (exact) mass is 225 g/mol. The molecule has 0 fully saturated rings. The van der Waals surface area contributed by atoms with Crippen molar-refractivity contribution in [3.8, 4) is 0 Å². The van der Waals surface area contributed by atoms with E-state index in [0.29, 0.717) is 0 Å². The van der Waals surface area contributed by atoms with Gasteiger partial charge < -0.3 is 10.4 Å². The van der Waals surface area contributed by atoms with Crippen LogP contribution >= 0.6 is 0 Å². The molecule has 1 atom stereocenters. The fraction of sp³-hybridized carbons (Fsp3) is 0.750. The molecule has 0 aromatic carbocycles. The third-order valence-electron chi connectivity index (χ3n) is 3.13. The molecule has 4 heteroatoms. The zero-order valence-electron chi connectivity index (χ0n) is 10.3. The normalized spacial score (nSPS) is 14.9. The number of nitrogens with one attached hydrogen (secondary N) is 1. The van der Waals surface area contributed by atoms with Gasteiger partial charge in [-0.05, 0) is 31.9 Å².